The van der Waals surface area contributed by atoms with Crippen LogP contribution in [-0.2, 0) is 0 Å². The summed E-state index contributed by atoms with van der Waals surface area (Å²) < 4.78 is 13.0. The van der Waals surface area contributed by atoms with Crippen LogP contribution < -0.4 is 5.73 Å². The third-order valence-electron chi connectivity index (χ3n) is 1.89. The van der Waals surface area contributed by atoms with Crippen molar-refractivity contribution in [1.82, 2.24) is 10.2 Å². The molecular formula is C10H7ClFN3. The molecule has 5 heteroatoms. The predicted molar refractivity (Wildman–Crippen MR) is 56.8 cm³/mol. The van der Waals surface area contributed by atoms with Crippen molar-refractivity contribution in [2.75, 3.05) is 5.73 Å². The molecule has 0 unspecified atom stereocenters. The summed E-state index contributed by atoms with van der Waals surface area (Å²) >= 11 is 5.90. The van der Waals surface area contributed by atoms with Crippen LogP contribution in [0, 0.1) is 5.82 Å². The molecular weight excluding hydrogens is 217 g/mol. The van der Waals surface area contributed by atoms with Gasteiger partial charge in [0, 0.05) is 5.56 Å². The average Bonchev–Trinajstić information content (AvgIpc) is 2.23. The van der Waals surface area contributed by atoms with Gasteiger partial charge in [0.25, 0.3) is 0 Å². The number of nitrogen functional groups attached to an aromatic ring is 1. The fraction of sp³-hybridized carbons (Fsp3) is 0. The van der Waals surface area contributed by atoms with Gasteiger partial charge in [0.2, 0.25) is 0 Å². The fourth-order valence-electron chi connectivity index (χ4n) is 1.18. The number of benzene rings is 1. The number of aromatic nitrogens is 2. The van der Waals surface area contributed by atoms with E-state index in [2.05, 4.69) is 10.2 Å². The molecule has 3 nitrogen and oxygen atoms in total. The monoisotopic (exact) mass is 223 g/mol. The number of nitrogens with zero attached hydrogens (tertiary/aromatic N) is 2. The summed E-state index contributed by atoms with van der Waals surface area (Å²) in [4.78, 5) is 0. The van der Waals surface area contributed by atoms with E-state index in [1.54, 1.807) is 12.1 Å². The Bertz CT molecular complexity index is 485. The van der Waals surface area contributed by atoms with E-state index < -0.39 is 0 Å². The molecule has 0 aliphatic heterocycles. The van der Waals surface area contributed by atoms with Crippen LogP contribution in [0.1, 0.15) is 0 Å². The Kier molecular flexibility index (Phi) is 2.51. The molecule has 0 aliphatic carbocycles. The Hall–Kier alpha value is -1.68. The molecule has 1 heterocycles. The summed E-state index contributed by atoms with van der Waals surface area (Å²) in [6, 6.07) is 7.30. The van der Waals surface area contributed by atoms with E-state index in [-0.39, 0.29) is 5.82 Å². The number of halogens is 2. The highest BCUT2D eigenvalue weighted by Crippen LogP contribution is 2.26. The molecule has 0 saturated heterocycles. The minimum Gasteiger partial charge on any atom is -0.382 e. The lowest BCUT2D eigenvalue weighted by Crippen LogP contribution is -1.94. The normalized spacial score (nSPS) is 10.3. The average molecular weight is 224 g/mol. The summed E-state index contributed by atoms with van der Waals surface area (Å²) in [6.45, 7) is 0. The molecule has 0 saturated carbocycles. The molecule has 1 aromatic carbocycles. The van der Waals surface area contributed by atoms with Crippen molar-refractivity contribution < 1.29 is 4.39 Å². The first-order valence-electron chi connectivity index (χ1n) is 4.21. The van der Waals surface area contributed by atoms with Crippen molar-refractivity contribution in [2.45, 2.75) is 0 Å². The first-order chi connectivity index (χ1) is 7.16. The van der Waals surface area contributed by atoms with Gasteiger partial charge in [-0.25, -0.2) is 4.39 Å². The number of anilines is 1. The van der Waals surface area contributed by atoms with Gasteiger partial charge < -0.3 is 5.73 Å². The van der Waals surface area contributed by atoms with Crippen LogP contribution in [0.15, 0.2) is 30.3 Å². The Morgan fingerprint density at radius 3 is 2.60 bits per heavy atom. The lowest BCUT2D eigenvalue weighted by atomic mass is 10.1. The maximum absolute atomic E-state index is 13.0. The molecule has 0 fully saturated rings. The molecule has 0 atom stereocenters. The topological polar surface area (TPSA) is 51.8 Å². The van der Waals surface area contributed by atoms with Crippen LogP contribution in [0.4, 0.5) is 10.2 Å². The van der Waals surface area contributed by atoms with Crippen LogP contribution in [-0.4, -0.2) is 10.2 Å². The SMILES string of the molecule is Nc1ccc(-c2cc(F)ccc2Cl)nn1. The van der Waals surface area contributed by atoms with Gasteiger partial charge in [0.15, 0.2) is 0 Å². The second-order valence-corrected chi connectivity index (χ2v) is 3.37. The molecule has 1 aromatic heterocycles. The summed E-state index contributed by atoms with van der Waals surface area (Å²) in [7, 11) is 0. The van der Waals surface area contributed by atoms with Gasteiger partial charge in [0.05, 0.1) is 10.7 Å². The minimum atomic E-state index is -0.368. The van der Waals surface area contributed by atoms with E-state index in [0.717, 1.165) is 0 Å². The highest BCUT2D eigenvalue weighted by atomic mass is 35.5. The highest BCUT2D eigenvalue weighted by Gasteiger charge is 2.06. The fourth-order valence-corrected chi connectivity index (χ4v) is 1.39. The van der Waals surface area contributed by atoms with E-state index in [4.69, 9.17) is 17.3 Å². The molecule has 0 bridgehead atoms. The number of nitrogens with two attached hydrogens (primary N) is 1. The zero-order chi connectivity index (χ0) is 10.8. The molecule has 0 aliphatic rings. The van der Waals surface area contributed by atoms with E-state index >= 15 is 0 Å². The van der Waals surface area contributed by atoms with Gasteiger partial charge in [-0.05, 0) is 30.3 Å². The molecule has 15 heavy (non-hydrogen) atoms. The number of rotatable bonds is 1. The predicted octanol–water partition coefficient (Wildman–Crippen LogP) is 2.52. The van der Waals surface area contributed by atoms with E-state index in [9.17, 15) is 4.39 Å². The summed E-state index contributed by atoms with van der Waals surface area (Å²) in [5.41, 5.74) is 6.39. The van der Waals surface area contributed by atoms with E-state index in [1.807, 2.05) is 0 Å². The Labute approximate surface area is 90.7 Å². The van der Waals surface area contributed by atoms with Crippen molar-refractivity contribution in [3.8, 4) is 11.3 Å². The van der Waals surface area contributed by atoms with Crippen LogP contribution in [0.2, 0.25) is 5.02 Å². The summed E-state index contributed by atoms with van der Waals surface area (Å²) in [5.74, 6) is -0.0562. The largest absolute Gasteiger partial charge is 0.382 e. The Morgan fingerprint density at radius 1 is 1.13 bits per heavy atom. The maximum Gasteiger partial charge on any atom is 0.146 e. The second kappa shape index (κ2) is 3.82. The van der Waals surface area contributed by atoms with Crippen LogP contribution >= 0.6 is 11.6 Å². The standard InChI is InChI=1S/C10H7ClFN3/c11-8-2-1-6(12)5-7(8)9-3-4-10(13)15-14-9/h1-5H,(H2,13,15). The minimum absolute atomic E-state index is 0.311. The van der Waals surface area contributed by atoms with Crippen LogP contribution in [0.5, 0.6) is 0 Å². The second-order valence-electron chi connectivity index (χ2n) is 2.97. The van der Waals surface area contributed by atoms with Crippen molar-refractivity contribution >= 4 is 17.4 Å². The third-order valence-corrected chi connectivity index (χ3v) is 2.22. The lowest BCUT2D eigenvalue weighted by Gasteiger charge is -2.02. The lowest BCUT2D eigenvalue weighted by molar-refractivity contribution is 0.628. The molecule has 2 N–H and O–H groups in total. The molecule has 2 rings (SSSR count). The third kappa shape index (κ3) is 2.05. The summed E-state index contributed by atoms with van der Waals surface area (Å²) in [6.07, 6.45) is 0. The maximum atomic E-state index is 13.0. The van der Waals surface area contributed by atoms with Gasteiger partial charge in [-0.15, -0.1) is 10.2 Å². The van der Waals surface area contributed by atoms with Gasteiger partial charge in [-0.3, -0.25) is 0 Å². The number of hydrogen-bond acceptors (Lipinski definition) is 3. The van der Waals surface area contributed by atoms with Gasteiger partial charge in [0.1, 0.15) is 11.6 Å². The van der Waals surface area contributed by atoms with Crippen LogP contribution in [0.25, 0.3) is 11.3 Å². The van der Waals surface area contributed by atoms with Crippen molar-refractivity contribution in [1.29, 1.82) is 0 Å². The molecule has 0 amide bonds. The van der Waals surface area contributed by atoms with Crippen molar-refractivity contribution in [2.24, 2.45) is 0 Å². The zero-order valence-electron chi connectivity index (χ0n) is 7.61. The van der Waals surface area contributed by atoms with Gasteiger partial charge in [-0.1, -0.05) is 11.6 Å². The number of hydrogen-bond donors (Lipinski definition) is 1. The quantitative estimate of drug-likeness (QED) is 0.808. The molecule has 0 radical (unpaired) electrons. The Balaban J connectivity index is 2.53. The van der Waals surface area contributed by atoms with Gasteiger partial charge >= 0.3 is 0 Å². The first-order valence-corrected chi connectivity index (χ1v) is 4.59. The molecule has 2 aromatic rings. The van der Waals surface area contributed by atoms with E-state index in [0.29, 0.717) is 22.1 Å². The van der Waals surface area contributed by atoms with Crippen LogP contribution in [0.3, 0.4) is 0 Å². The van der Waals surface area contributed by atoms with Gasteiger partial charge in [-0.2, -0.15) is 0 Å². The molecule has 76 valence electrons. The highest BCUT2D eigenvalue weighted by molar-refractivity contribution is 6.33. The Morgan fingerprint density at radius 2 is 1.93 bits per heavy atom. The smallest absolute Gasteiger partial charge is 0.146 e. The van der Waals surface area contributed by atoms with Crippen molar-refractivity contribution in [3.05, 3.63) is 41.2 Å². The van der Waals surface area contributed by atoms with E-state index in [1.165, 1.54) is 18.2 Å². The summed E-state index contributed by atoms with van der Waals surface area (Å²) in [5, 5.41) is 7.92. The molecule has 0 spiro atoms. The first kappa shape index (κ1) is 9.86. The van der Waals surface area contributed by atoms with Crippen molar-refractivity contribution in [3.63, 3.8) is 0 Å². The zero-order valence-corrected chi connectivity index (χ0v) is 8.37.